The summed E-state index contributed by atoms with van der Waals surface area (Å²) in [5, 5.41) is 3.25. The van der Waals surface area contributed by atoms with Crippen LogP contribution in [0, 0.1) is 0 Å². The van der Waals surface area contributed by atoms with Gasteiger partial charge in [-0.3, -0.25) is 4.99 Å². The van der Waals surface area contributed by atoms with Gasteiger partial charge in [0, 0.05) is 19.6 Å². The van der Waals surface area contributed by atoms with Crippen molar-refractivity contribution in [3.63, 3.8) is 0 Å². The molecule has 0 fully saturated rings. The smallest absolute Gasteiger partial charge is 0.194 e. The standard InChI is InChI=1S/C8H17N3/c1-4-7(2)11(3)8-9-5-6-10-8/h7H,4-6H2,1-3H3,(H,9,10). The molecule has 0 bridgehead atoms. The second-order valence-corrected chi connectivity index (χ2v) is 3.00. The van der Waals surface area contributed by atoms with E-state index in [1.165, 1.54) is 0 Å². The number of aliphatic imine (C=N–C) groups is 1. The normalized spacial score (nSPS) is 19.0. The molecule has 64 valence electrons. The molecule has 1 aliphatic heterocycles. The van der Waals surface area contributed by atoms with E-state index in [0.29, 0.717) is 6.04 Å². The maximum atomic E-state index is 4.34. The van der Waals surface area contributed by atoms with Crippen LogP contribution in [-0.4, -0.2) is 37.0 Å². The number of guanidine groups is 1. The Hall–Kier alpha value is -0.730. The predicted octanol–water partition coefficient (Wildman–Crippen LogP) is 0.676. The molecule has 0 saturated carbocycles. The van der Waals surface area contributed by atoms with E-state index in [4.69, 9.17) is 0 Å². The van der Waals surface area contributed by atoms with Gasteiger partial charge in [0.25, 0.3) is 0 Å². The highest BCUT2D eigenvalue weighted by Gasteiger charge is 2.13. The summed E-state index contributed by atoms with van der Waals surface area (Å²) in [4.78, 5) is 6.54. The molecule has 0 aromatic heterocycles. The molecule has 0 radical (unpaired) electrons. The van der Waals surface area contributed by atoms with E-state index in [9.17, 15) is 0 Å². The van der Waals surface area contributed by atoms with Crippen molar-refractivity contribution in [1.29, 1.82) is 0 Å². The summed E-state index contributed by atoms with van der Waals surface area (Å²) in [6.45, 7) is 6.32. The van der Waals surface area contributed by atoms with Gasteiger partial charge in [0.15, 0.2) is 5.96 Å². The van der Waals surface area contributed by atoms with Crippen LogP contribution < -0.4 is 5.32 Å². The zero-order valence-electron chi connectivity index (χ0n) is 7.59. The van der Waals surface area contributed by atoms with Crippen molar-refractivity contribution in [3.8, 4) is 0 Å². The van der Waals surface area contributed by atoms with Gasteiger partial charge >= 0.3 is 0 Å². The van der Waals surface area contributed by atoms with E-state index in [0.717, 1.165) is 25.5 Å². The number of rotatable bonds is 2. The van der Waals surface area contributed by atoms with Gasteiger partial charge in [0.1, 0.15) is 0 Å². The monoisotopic (exact) mass is 155 g/mol. The highest BCUT2D eigenvalue weighted by molar-refractivity contribution is 5.81. The van der Waals surface area contributed by atoms with Crippen molar-refractivity contribution in [3.05, 3.63) is 0 Å². The molecule has 11 heavy (non-hydrogen) atoms. The van der Waals surface area contributed by atoms with Gasteiger partial charge in [-0.2, -0.15) is 0 Å². The van der Waals surface area contributed by atoms with Crippen LogP contribution in [0.5, 0.6) is 0 Å². The quantitative estimate of drug-likeness (QED) is 0.635. The summed E-state index contributed by atoms with van der Waals surface area (Å²) in [6, 6.07) is 0.583. The van der Waals surface area contributed by atoms with Gasteiger partial charge in [-0.05, 0) is 13.3 Å². The molecule has 1 N–H and O–H groups in total. The van der Waals surface area contributed by atoms with Crippen molar-refractivity contribution < 1.29 is 0 Å². The van der Waals surface area contributed by atoms with Gasteiger partial charge < -0.3 is 10.2 Å². The fourth-order valence-electron chi connectivity index (χ4n) is 1.10. The second kappa shape index (κ2) is 3.60. The van der Waals surface area contributed by atoms with Crippen LogP contribution in [-0.2, 0) is 0 Å². The molecule has 1 rings (SSSR count). The molecule has 1 heterocycles. The maximum absolute atomic E-state index is 4.34. The lowest BCUT2D eigenvalue weighted by atomic mass is 10.2. The molecule has 0 saturated heterocycles. The van der Waals surface area contributed by atoms with Crippen molar-refractivity contribution in [2.45, 2.75) is 26.3 Å². The molecule has 0 aromatic carbocycles. The summed E-state index contributed by atoms with van der Waals surface area (Å²) in [5.41, 5.74) is 0. The molecule has 0 aromatic rings. The first-order chi connectivity index (χ1) is 5.25. The predicted molar refractivity (Wildman–Crippen MR) is 47.8 cm³/mol. The third-order valence-electron chi connectivity index (χ3n) is 2.24. The van der Waals surface area contributed by atoms with Crippen LogP contribution in [0.4, 0.5) is 0 Å². The van der Waals surface area contributed by atoms with Gasteiger partial charge in [0.05, 0.1) is 6.54 Å². The average molecular weight is 155 g/mol. The minimum absolute atomic E-state index is 0.583. The van der Waals surface area contributed by atoms with Crippen molar-refractivity contribution in [2.75, 3.05) is 20.1 Å². The molecule has 3 nitrogen and oxygen atoms in total. The molecule has 0 amide bonds. The molecule has 1 aliphatic rings. The molecule has 0 aliphatic carbocycles. The Kier molecular flexibility index (Phi) is 2.74. The molecule has 1 unspecified atom stereocenters. The van der Waals surface area contributed by atoms with Crippen LogP contribution >= 0.6 is 0 Å². The first kappa shape index (κ1) is 8.37. The Bertz CT molecular complexity index is 153. The number of hydrogen-bond donors (Lipinski definition) is 1. The number of nitrogens with zero attached hydrogens (tertiary/aromatic N) is 2. The zero-order valence-corrected chi connectivity index (χ0v) is 7.59. The second-order valence-electron chi connectivity index (χ2n) is 3.00. The van der Waals surface area contributed by atoms with E-state index < -0.39 is 0 Å². The lowest BCUT2D eigenvalue weighted by molar-refractivity contribution is 0.372. The summed E-state index contributed by atoms with van der Waals surface area (Å²) >= 11 is 0. The van der Waals surface area contributed by atoms with Crippen LogP contribution in [0.1, 0.15) is 20.3 Å². The van der Waals surface area contributed by atoms with Gasteiger partial charge in [-0.15, -0.1) is 0 Å². The van der Waals surface area contributed by atoms with E-state index in [1.807, 2.05) is 0 Å². The number of hydrogen-bond acceptors (Lipinski definition) is 3. The van der Waals surface area contributed by atoms with Crippen LogP contribution in [0.15, 0.2) is 4.99 Å². The fraction of sp³-hybridized carbons (Fsp3) is 0.875. The summed E-state index contributed by atoms with van der Waals surface area (Å²) < 4.78 is 0. The highest BCUT2D eigenvalue weighted by atomic mass is 15.3. The topological polar surface area (TPSA) is 27.6 Å². The van der Waals surface area contributed by atoms with Crippen molar-refractivity contribution >= 4 is 5.96 Å². The molecule has 3 heteroatoms. The zero-order chi connectivity index (χ0) is 8.27. The molecule has 1 atom stereocenters. The minimum Gasteiger partial charge on any atom is -0.354 e. The highest BCUT2D eigenvalue weighted by Crippen LogP contribution is 2.01. The van der Waals surface area contributed by atoms with Gasteiger partial charge in [-0.25, -0.2) is 0 Å². The molecular formula is C8H17N3. The van der Waals surface area contributed by atoms with Crippen molar-refractivity contribution in [1.82, 2.24) is 10.2 Å². The first-order valence-electron chi connectivity index (χ1n) is 4.27. The average Bonchev–Trinajstić information content (AvgIpc) is 2.53. The summed E-state index contributed by atoms with van der Waals surface area (Å²) in [7, 11) is 2.09. The Morgan fingerprint density at radius 1 is 1.73 bits per heavy atom. The van der Waals surface area contributed by atoms with Gasteiger partial charge in [0.2, 0.25) is 0 Å². The van der Waals surface area contributed by atoms with Crippen LogP contribution in [0.2, 0.25) is 0 Å². The maximum Gasteiger partial charge on any atom is 0.194 e. The van der Waals surface area contributed by atoms with Gasteiger partial charge in [-0.1, -0.05) is 6.92 Å². The molecule has 0 spiro atoms. The lowest BCUT2D eigenvalue weighted by Crippen LogP contribution is -2.41. The van der Waals surface area contributed by atoms with E-state index in [2.05, 4.69) is 36.1 Å². The van der Waals surface area contributed by atoms with E-state index >= 15 is 0 Å². The van der Waals surface area contributed by atoms with E-state index in [-0.39, 0.29) is 0 Å². The van der Waals surface area contributed by atoms with Crippen LogP contribution in [0.25, 0.3) is 0 Å². The third-order valence-corrected chi connectivity index (χ3v) is 2.24. The Labute approximate surface area is 68.5 Å². The summed E-state index contributed by atoms with van der Waals surface area (Å²) in [6.07, 6.45) is 1.16. The van der Waals surface area contributed by atoms with E-state index in [1.54, 1.807) is 0 Å². The Morgan fingerprint density at radius 2 is 2.45 bits per heavy atom. The fourth-order valence-corrected chi connectivity index (χ4v) is 1.10. The SMILES string of the molecule is CCC(C)N(C)C1=NCCN1. The Balaban J connectivity index is 2.45. The third kappa shape index (κ3) is 1.85. The minimum atomic E-state index is 0.583. The first-order valence-corrected chi connectivity index (χ1v) is 4.27. The number of nitrogens with one attached hydrogen (secondary N) is 1. The van der Waals surface area contributed by atoms with Crippen LogP contribution in [0.3, 0.4) is 0 Å². The molecular weight excluding hydrogens is 138 g/mol. The largest absolute Gasteiger partial charge is 0.354 e. The summed E-state index contributed by atoms with van der Waals surface area (Å²) in [5.74, 6) is 1.05. The Morgan fingerprint density at radius 3 is 2.91 bits per heavy atom. The lowest BCUT2D eigenvalue weighted by Gasteiger charge is -2.25. The van der Waals surface area contributed by atoms with Crippen molar-refractivity contribution in [2.24, 2.45) is 4.99 Å².